The van der Waals surface area contributed by atoms with E-state index in [1.54, 1.807) is 6.20 Å². The number of carbonyl (C=O) groups excluding carboxylic acids is 2. The summed E-state index contributed by atoms with van der Waals surface area (Å²) in [4.78, 5) is 32.4. The van der Waals surface area contributed by atoms with E-state index in [1.807, 2.05) is 64.9 Å². The molecule has 2 aliphatic rings. The second-order valence-electron chi connectivity index (χ2n) is 9.16. The number of aromatic nitrogens is 1. The number of fused-ring (bicyclic) bond motifs is 1. The zero-order valence-electron chi connectivity index (χ0n) is 21.1. The molecule has 6 rings (SSSR count). The molecule has 0 bridgehead atoms. The van der Waals surface area contributed by atoms with Crippen molar-refractivity contribution in [2.75, 3.05) is 48.9 Å². The van der Waals surface area contributed by atoms with E-state index in [9.17, 15) is 9.59 Å². The van der Waals surface area contributed by atoms with Gasteiger partial charge in [0.25, 0.3) is 5.91 Å². The molecule has 198 valence electrons. The van der Waals surface area contributed by atoms with Gasteiger partial charge in [0, 0.05) is 42.6 Å². The van der Waals surface area contributed by atoms with E-state index < -0.39 is 0 Å². The molecule has 2 aromatic carbocycles. The van der Waals surface area contributed by atoms with Gasteiger partial charge in [0.2, 0.25) is 0 Å². The number of carbonyl (C=O) groups is 2. The number of morpholine rings is 1. The van der Waals surface area contributed by atoms with Gasteiger partial charge < -0.3 is 30.3 Å². The highest BCUT2D eigenvalue weighted by molar-refractivity contribution is 7.12. The van der Waals surface area contributed by atoms with Crippen LogP contribution in [-0.4, -0.2) is 54.7 Å². The predicted molar refractivity (Wildman–Crippen MR) is 152 cm³/mol. The smallest absolute Gasteiger partial charge is 0.356 e. The Bertz CT molecular complexity index is 1540. The summed E-state index contributed by atoms with van der Waals surface area (Å²) >= 11 is 1.39. The van der Waals surface area contributed by atoms with E-state index in [0.717, 1.165) is 33.5 Å². The molecule has 9 nitrogen and oxygen atoms in total. The lowest BCUT2D eigenvalue weighted by molar-refractivity contribution is -0.138. The summed E-state index contributed by atoms with van der Waals surface area (Å²) in [7, 11) is 0. The summed E-state index contributed by atoms with van der Waals surface area (Å²) in [6, 6.07) is 19.3. The van der Waals surface area contributed by atoms with Crippen LogP contribution in [0.3, 0.4) is 0 Å². The molecule has 4 heterocycles. The minimum absolute atomic E-state index is 0.181. The maximum atomic E-state index is 13.1. The quantitative estimate of drug-likeness (QED) is 0.277. The van der Waals surface area contributed by atoms with Gasteiger partial charge in [-0.3, -0.25) is 9.78 Å². The fraction of sp³-hybridized carbons (Fsp3) is 0.207. The number of para-hydroxylation sites is 1. The first-order chi connectivity index (χ1) is 19.2. The SMILES string of the molecule is O=C1OCC(Nc2ccc(NC(=O)c3sccc3NCc3ccnc4ccccc34)cc2)=C1N1CCOCC1. The number of hydrogen-bond donors (Lipinski definition) is 3. The first-order valence-corrected chi connectivity index (χ1v) is 13.6. The maximum Gasteiger partial charge on any atom is 0.356 e. The Morgan fingerprint density at radius 1 is 1.00 bits per heavy atom. The first kappa shape index (κ1) is 24.9. The third-order valence-corrected chi connectivity index (χ3v) is 7.59. The molecular weight excluding hydrogens is 514 g/mol. The minimum atomic E-state index is -0.319. The highest BCUT2D eigenvalue weighted by Crippen LogP contribution is 2.27. The first-order valence-electron chi connectivity index (χ1n) is 12.7. The Morgan fingerprint density at radius 2 is 1.79 bits per heavy atom. The summed E-state index contributed by atoms with van der Waals surface area (Å²) < 4.78 is 10.7. The van der Waals surface area contributed by atoms with Crippen molar-refractivity contribution in [2.45, 2.75) is 6.54 Å². The van der Waals surface area contributed by atoms with Crippen LogP contribution in [0.1, 0.15) is 15.2 Å². The Hall–Kier alpha value is -4.41. The molecule has 0 unspecified atom stereocenters. The van der Waals surface area contributed by atoms with Gasteiger partial charge in [-0.1, -0.05) is 18.2 Å². The number of pyridine rings is 1. The Morgan fingerprint density at radius 3 is 2.64 bits per heavy atom. The van der Waals surface area contributed by atoms with Gasteiger partial charge in [-0.25, -0.2) is 4.79 Å². The van der Waals surface area contributed by atoms with Gasteiger partial charge >= 0.3 is 5.97 Å². The van der Waals surface area contributed by atoms with Crippen LogP contribution in [0, 0.1) is 0 Å². The average Bonchev–Trinajstić information content (AvgIpc) is 3.59. The number of benzene rings is 2. The van der Waals surface area contributed by atoms with Gasteiger partial charge in [-0.2, -0.15) is 0 Å². The Kier molecular flexibility index (Phi) is 7.11. The molecule has 3 N–H and O–H groups in total. The van der Waals surface area contributed by atoms with Crippen molar-refractivity contribution in [3.8, 4) is 0 Å². The standard InChI is InChI=1S/C29H27N5O4S/c35-28(27-24(10-16-39-27)31-17-19-9-11-30-23-4-2-1-3-22(19)23)33-21-7-5-20(6-8-21)32-25-18-38-29(36)26(25)34-12-14-37-15-13-34/h1-11,16,31-32H,12-15,17-18H2,(H,33,35). The molecule has 2 aliphatic heterocycles. The lowest BCUT2D eigenvalue weighted by atomic mass is 10.1. The van der Waals surface area contributed by atoms with E-state index in [4.69, 9.17) is 9.47 Å². The number of nitrogens with one attached hydrogen (secondary N) is 3. The van der Waals surface area contributed by atoms with E-state index in [0.29, 0.717) is 49.1 Å². The summed E-state index contributed by atoms with van der Waals surface area (Å²) in [5, 5.41) is 12.7. The van der Waals surface area contributed by atoms with Crippen molar-refractivity contribution in [3.05, 3.63) is 94.1 Å². The van der Waals surface area contributed by atoms with E-state index in [2.05, 4.69) is 27.0 Å². The molecule has 0 aliphatic carbocycles. The van der Waals surface area contributed by atoms with Crippen molar-refractivity contribution in [2.24, 2.45) is 0 Å². The molecule has 1 fully saturated rings. The number of thiophene rings is 1. The fourth-order valence-corrected chi connectivity index (χ4v) is 5.49. The minimum Gasteiger partial charge on any atom is -0.454 e. The molecule has 1 saturated heterocycles. The van der Waals surface area contributed by atoms with Gasteiger partial charge in [0.15, 0.2) is 0 Å². The van der Waals surface area contributed by atoms with Gasteiger partial charge in [-0.15, -0.1) is 11.3 Å². The van der Waals surface area contributed by atoms with Crippen LogP contribution in [0.4, 0.5) is 17.1 Å². The van der Waals surface area contributed by atoms with Crippen LogP contribution in [-0.2, 0) is 20.8 Å². The maximum absolute atomic E-state index is 13.1. The zero-order valence-corrected chi connectivity index (χ0v) is 21.9. The van der Waals surface area contributed by atoms with Crippen LogP contribution in [0.15, 0.2) is 83.6 Å². The van der Waals surface area contributed by atoms with E-state index in [-0.39, 0.29) is 18.5 Å². The van der Waals surface area contributed by atoms with Crippen molar-refractivity contribution >= 4 is 51.2 Å². The summed E-state index contributed by atoms with van der Waals surface area (Å²) in [6.07, 6.45) is 1.80. The summed E-state index contributed by atoms with van der Waals surface area (Å²) in [5.41, 5.74) is 5.61. The predicted octanol–water partition coefficient (Wildman–Crippen LogP) is 4.67. The lowest BCUT2D eigenvalue weighted by Gasteiger charge is -2.28. The number of cyclic esters (lactones) is 1. The molecular formula is C29H27N5O4S. The molecule has 0 spiro atoms. The Balaban J connectivity index is 1.10. The van der Waals surface area contributed by atoms with Crippen LogP contribution >= 0.6 is 11.3 Å². The van der Waals surface area contributed by atoms with Crippen LogP contribution in [0.25, 0.3) is 10.9 Å². The Labute approximate surface area is 229 Å². The van der Waals surface area contributed by atoms with Gasteiger partial charge in [0.05, 0.1) is 30.1 Å². The number of esters is 1. The molecule has 0 saturated carbocycles. The number of nitrogens with zero attached hydrogens (tertiary/aromatic N) is 2. The number of amides is 1. The normalized spacial score (nSPS) is 15.4. The third kappa shape index (κ3) is 5.43. The van der Waals surface area contributed by atoms with E-state index >= 15 is 0 Å². The van der Waals surface area contributed by atoms with Crippen LogP contribution < -0.4 is 16.0 Å². The highest BCUT2D eigenvalue weighted by Gasteiger charge is 2.31. The fourth-order valence-electron chi connectivity index (χ4n) is 4.72. The second kappa shape index (κ2) is 11.1. The third-order valence-electron chi connectivity index (χ3n) is 6.67. The summed E-state index contributed by atoms with van der Waals surface area (Å²) in [6.45, 7) is 3.25. The highest BCUT2D eigenvalue weighted by atomic mass is 32.1. The van der Waals surface area contributed by atoms with Crippen LogP contribution in [0.2, 0.25) is 0 Å². The lowest BCUT2D eigenvalue weighted by Crippen LogP contribution is -2.38. The monoisotopic (exact) mass is 541 g/mol. The van der Waals surface area contributed by atoms with Crippen LogP contribution in [0.5, 0.6) is 0 Å². The van der Waals surface area contributed by atoms with E-state index in [1.165, 1.54) is 11.3 Å². The number of anilines is 3. The van der Waals surface area contributed by atoms with Crippen molar-refractivity contribution in [3.63, 3.8) is 0 Å². The molecule has 1 amide bonds. The zero-order chi connectivity index (χ0) is 26.6. The summed E-state index contributed by atoms with van der Waals surface area (Å²) in [5.74, 6) is -0.499. The number of hydrogen-bond acceptors (Lipinski definition) is 9. The molecule has 10 heteroatoms. The van der Waals surface area contributed by atoms with Crippen molar-refractivity contribution < 1.29 is 19.1 Å². The average molecular weight is 542 g/mol. The van der Waals surface area contributed by atoms with Crippen molar-refractivity contribution in [1.82, 2.24) is 9.88 Å². The van der Waals surface area contributed by atoms with Gasteiger partial charge in [-0.05, 0) is 53.4 Å². The molecule has 0 atom stereocenters. The largest absolute Gasteiger partial charge is 0.454 e. The number of rotatable bonds is 8. The molecule has 0 radical (unpaired) electrons. The second-order valence-corrected chi connectivity index (χ2v) is 10.1. The topological polar surface area (TPSA) is 105 Å². The molecule has 4 aromatic rings. The molecule has 2 aromatic heterocycles. The molecule has 39 heavy (non-hydrogen) atoms. The van der Waals surface area contributed by atoms with Gasteiger partial charge in [0.1, 0.15) is 17.2 Å². The van der Waals surface area contributed by atoms with Crippen molar-refractivity contribution in [1.29, 1.82) is 0 Å². The number of ether oxygens (including phenoxy) is 2.